The Morgan fingerprint density at radius 3 is 2.50 bits per heavy atom. The molecule has 0 bridgehead atoms. The molecule has 3 rings (SSSR count). The summed E-state index contributed by atoms with van der Waals surface area (Å²) in [4.78, 5) is 2.18. The van der Waals surface area contributed by atoms with Crippen molar-refractivity contribution in [2.45, 2.75) is 34.0 Å². The van der Waals surface area contributed by atoms with Crippen molar-refractivity contribution >= 4 is 12.2 Å². The Labute approximate surface area is 158 Å². The van der Waals surface area contributed by atoms with Crippen LogP contribution < -0.4 is 0 Å². The standard InChI is InChI=1S/C20H23FN4S/c1-4-23(13-17-6-5-7-18(21)12-17)14-24-20(26)25(16(3)22-24)19-10-8-15(2)9-11-19/h5-12H,4,13-14H2,1-3H3. The second kappa shape index (κ2) is 7.93. The van der Waals surface area contributed by atoms with E-state index in [4.69, 9.17) is 12.2 Å². The van der Waals surface area contributed by atoms with Crippen LogP contribution in [0.1, 0.15) is 23.9 Å². The van der Waals surface area contributed by atoms with Gasteiger partial charge in [-0.2, -0.15) is 5.10 Å². The quantitative estimate of drug-likeness (QED) is 0.591. The number of nitrogens with zero attached hydrogens (tertiary/aromatic N) is 4. The maximum atomic E-state index is 13.4. The van der Waals surface area contributed by atoms with E-state index in [1.54, 1.807) is 12.1 Å². The summed E-state index contributed by atoms with van der Waals surface area (Å²) in [5, 5.41) is 4.62. The average molecular weight is 370 g/mol. The molecule has 4 nitrogen and oxygen atoms in total. The molecule has 0 aliphatic heterocycles. The van der Waals surface area contributed by atoms with Crippen LogP contribution in [0.25, 0.3) is 5.69 Å². The highest BCUT2D eigenvalue weighted by Crippen LogP contribution is 2.14. The second-order valence-corrected chi connectivity index (χ2v) is 6.78. The largest absolute Gasteiger partial charge is 0.280 e. The second-order valence-electron chi connectivity index (χ2n) is 6.42. The third kappa shape index (κ3) is 4.08. The Hall–Kier alpha value is -2.31. The summed E-state index contributed by atoms with van der Waals surface area (Å²) in [5.41, 5.74) is 3.16. The molecule has 2 aromatic carbocycles. The zero-order chi connectivity index (χ0) is 18.7. The van der Waals surface area contributed by atoms with Crippen LogP contribution in [0, 0.1) is 24.4 Å². The van der Waals surface area contributed by atoms with Crippen LogP contribution in [0.3, 0.4) is 0 Å². The lowest BCUT2D eigenvalue weighted by Gasteiger charge is -2.20. The molecular formula is C20H23FN4S. The summed E-state index contributed by atoms with van der Waals surface area (Å²) >= 11 is 5.66. The van der Waals surface area contributed by atoms with Gasteiger partial charge < -0.3 is 0 Å². The third-order valence-electron chi connectivity index (χ3n) is 4.37. The van der Waals surface area contributed by atoms with E-state index in [0.29, 0.717) is 18.0 Å². The molecule has 0 atom stereocenters. The number of hydrogen-bond acceptors (Lipinski definition) is 3. The summed E-state index contributed by atoms with van der Waals surface area (Å²) < 4.78 is 17.9. The molecule has 0 amide bonds. The van der Waals surface area contributed by atoms with Gasteiger partial charge in [-0.3, -0.25) is 9.47 Å². The highest BCUT2D eigenvalue weighted by molar-refractivity contribution is 7.71. The minimum absolute atomic E-state index is 0.213. The van der Waals surface area contributed by atoms with Crippen LogP contribution in [0.2, 0.25) is 0 Å². The summed E-state index contributed by atoms with van der Waals surface area (Å²) in [5.74, 6) is 0.635. The van der Waals surface area contributed by atoms with E-state index in [9.17, 15) is 4.39 Å². The van der Waals surface area contributed by atoms with Crippen molar-refractivity contribution in [1.82, 2.24) is 19.2 Å². The fourth-order valence-corrected chi connectivity index (χ4v) is 3.28. The number of rotatable bonds is 6. The fraction of sp³-hybridized carbons (Fsp3) is 0.300. The van der Waals surface area contributed by atoms with Crippen molar-refractivity contribution in [2.24, 2.45) is 0 Å². The molecule has 0 fully saturated rings. The fourth-order valence-electron chi connectivity index (χ4n) is 2.94. The Kier molecular flexibility index (Phi) is 5.64. The molecule has 136 valence electrons. The van der Waals surface area contributed by atoms with Gasteiger partial charge in [0, 0.05) is 12.2 Å². The Balaban J connectivity index is 1.84. The first-order valence-electron chi connectivity index (χ1n) is 8.68. The molecule has 0 saturated heterocycles. The maximum absolute atomic E-state index is 13.4. The van der Waals surface area contributed by atoms with Gasteiger partial charge in [0.1, 0.15) is 11.6 Å². The van der Waals surface area contributed by atoms with Crippen molar-refractivity contribution in [2.75, 3.05) is 6.54 Å². The predicted molar refractivity (Wildman–Crippen MR) is 104 cm³/mol. The normalized spacial score (nSPS) is 11.3. The Morgan fingerprint density at radius 2 is 1.85 bits per heavy atom. The molecular weight excluding hydrogens is 347 g/mol. The molecule has 1 aromatic heterocycles. The number of hydrogen-bond donors (Lipinski definition) is 0. The van der Waals surface area contributed by atoms with Gasteiger partial charge in [-0.25, -0.2) is 9.07 Å². The Morgan fingerprint density at radius 1 is 1.12 bits per heavy atom. The van der Waals surface area contributed by atoms with E-state index >= 15 is 0 Å². The maximum Gasteiger partial charge on any atom is 0.203 e. The van der Waals surface area contributed by atoms with E-state index in [0.717, 1.165) is 23.6 Å². The van der Waals surface area contributed by atoms with Crippen molar-refractivity contribution in [3.05, 3.63) is 76.1 Å². The van der Waals surface area contributed by atoms with Gasteiger partial charge in [-0.1, -0.05) is 36.8 Å². The topological polar surface area (TPSA) is 26.0 Å². The third-order valence-corrected chi connectivity index (χ3v) is 4.76. The van der Waals surface area contributed by atoms with Crippen LogP contribution in [0.15, 0.2) is 48.5 Å². The van der Waals surface area contributed by atoms with Gasteiger partial charge in [-0.15, -0.1) is 0 Å². The highest BCUT2D eigenvalue weighted by Gasteiger charge is 2.12. The van der Waals surface area contributed by atoms with Gasteiger partial charge in [0.25, 0.3) is 0 Å². The minimum atomic E-state index is -0.213. The van der Waals surface area contributed by atoms with Gasteiger partial charge >= 0.3 is 0 Å². The number of aryl methyl sites for hydroxylation is 2. The van der Waals surface area contributed by atoms with Gasteiger partial charge in [0.05, 0.1) is 6.67 Å². The number of halogens is 1. The molecule has 0 N–H and O–H groups in total. The molecule has 0 aliphatic rings. The van der Waals surface area contributed by atoms with Crippen LogP contribution >= 0.6 is 12.2 Å². The molecule has 6 heteroatoms. The SMILES string of the molecule is CCN(Cc1cccc(F)c1)Cn1nc(C)n(-c2ccc(C)cc2)c1=S. The lowest BCUT2D eigenvalue weighted by atomic mass is 10.2. The minimum Gasteiger partial charge on any atom is -0.280 e. The van der Waals surface area contributed by atoms with E-state index < -0.39 is 0 Å². The molecule has 0 aliphatic carbocycles. The number of benzene rings is 2. The van der Waals surface area contributed by atoms with Gasteiger partial charge in [0.15, 0.2) is 0 Å². The van der Waals surface area contributed by atoms with Crippen LogP contribution in [-0.4, -0.2) is 25.8 Å². The van der Waals surface area contributed by atoms with Crippen LogP contribution in [0.5, 0.6) is 0 Å². The van der Waals surface area contributed by atoms with Gasteiger partial charge in [0.2, 0.25) is 4.77 Å². The molecule has 3 aromatic rings. The Bertz CT molecular complexity index is 943. The monoisotopic (exact) mass is 370 g/mol. The summed E-state index contributed by atoms with van der Waals surface area (Å²) in [6.07, 6.45) is 0. The first kappa shape index (κ1) is 18.5. The average Bonchev–Trinajstić information content (AvgIpc) is 2.89. The molecule has 1 heterocycles. The number of aromatic nitrogens is 3. The van der Waals surface area contributed by atoms with Crippen molar-refractivity contribution in [1.29, 1.82) is 0 Å². The first-order valence-corrected chi connectivity index (χ1v) is 9.09. The highest BCUT2D eigenvalue weighted by atomic mass is 32.1. The van der Waals surface area contributed by atoms with E-state index in [2.05, 4.69) is 48.1 Å². The molecule has 0 spiro atoms. The molecule has 26 heavy (non-hydrogen) atoms. The summed E-state index contributed by atoms with van der Waals surface area (Å²) in [6, 6.07) is 14.9. The van der Waals surface area contributed by atoms with Crippen molar-refractivity contribution in [3.8, 4) is 5.69 Å². The molecule has 0 saturated carbocycles. The van der Waals surface area contributed by atoms with E-state index in [1.165, 1.54) is 11.6 Å². The lowest BCUT2D eigenvalue weighted by molar-refractivity contribution is 0.207. The zero-order valence-electron chi connectivity index (χ0n) is 15.3. The lowest BCUT2D eigenvalue weighted by Crippen LogP contribution is -2.26. The van der Waals surface area contributed by atoms with Crippen molar-refractivity contribution < 1.29 is 4.39 Å². The predicted octanol–water partition coefficient (Wildman–Crippen LogP) is 4.64. The smallest absolute Gasteiger partial charge is 0.203 e. The molecule has 0 unspecified atom stereocenters. The molecule has 0 radical (unpaired) electrons. The van der Waals surface area contributed by atoms with Crippen molar-refractivity contribution in [3.63, 3.8) is 0 Å². The van der Waals surface area contributed by atoms with Gasteiger partial charge in [-0.05, 0) is 62.4 Å². The van der Waals surface area contributed by atoms with Crippen LogP contribution in [-0.2, 0) is 13.2 Å². The van der Waals surface area contributed by atoms with E-state index in [-0.39, 0.29) is 5.82 Å². The van der Waals surface area contributed by atoms with Crippen LogP contribution in [0.4, 0.5) is 4.39 Å². The summed E-state index contributed by atoms with van der Waals surface area (Å²) in [6.45, 7) is 8.11. The summed E-state index contributed by atoms with van der Waals surface area (Å²) in [7, 11) is 0. The zero-order valence-corrected chi connectivity index (χ0v) is 16.1. The first-order chi connectivity index (χ1) is 12.5. The van der Waals surface area contributed by atoms with E-state index in [1.807, 2.05) is 22.2 Å².